The molecule has 0 aliphatic heterocycles. The Morgan fingerprint density at radius 1 is 0.339 bits per heavy atom. The van der Waals surface area contributed by atoms with Crippen molar-refractivity contribution in [3.8, 4) is 23.7 Å². The number of benzene rings is 2. The highest BCUT2D eigenvalue weighted by Crippen LogP contribution is 2.21. The van der Waals surface area contributed by atoms with Gasteiger partial charge in [0.05, 0.1) is 22.8 Å². The molecule has 0 bridgehead atoms. The van der Waals surface area contributed by atoms with Gasteiger partial charge < -0.3 is 0 Å². The van der Waals surface area contributed by atoms with Crippen molar-refractivity contribution in [1.82, 2.24) is 0 Å². The molecule has 2 nitrogen and oxygen atoms in total. The monoisotopic (exact) mass is 761 g/mol. The quantitative estimate of drug-likeness (QED) is 0.0393. The highest BCUT2D eigenvalue weighted by atomic mass is 14.8. The highest BCUT2D eigenvalue weighted by molar-refractivity contribution is 6.43. The maximum Gasteiger partial charge on any atom is 0.0633 e. The smallest absolute Gasteiger partial charge is 0.0633 e. The predicted octanol–water partition coefficient (Wildman–Crippen LogP) is 17.4. The van der Waals surface area contributed by atoms with E-state index in [0.717, 1.165) is 113 Å². The van der Waals surface area contributed by atoms with Crippen LogP contribution in [0.15, 0.2) is 58.5 Å². The molecule has 0 radical (unpaired) electrons. The predicted molar refractivity (Wildman–Crippen MR) is 251 cm³/mol. The molecule has 0 saturated carbocycles. The lowest BCUT2D eigenvalue weighted by Gasteiger charge is -2.11. The fourth-order valence-corrected chi connectivity index (χ4v) is 7.17. The molecule has 2 heteroatoms. The molecule has 2 rings (SSSR count). The van der Waals surface area contributed by atoms with Crippen molar-refractivity contribution in [1.29, 1.82) is 0 Å². The van der Waals surface area contributed by atoms with E-state index in [9.17, 15) is 0 Å². The molecule has 0 saturated heterocycles. The average Bonchev–Trinajstić information content (AvgIpc) is 3.22. The number of aryl methyl sites for hydroxylation is 2. The molecule has 0 fully saturated rings. The van der Waals surface area contributed by atoms with Gasteiger partial charge in [-0.2, -0.15) is 0 Å². The minimum Gasteiger partial charge on any atom is -0.252 e. The number of hydrogen-bond donors (Lipinski definition) is 0. The van der Waals surface area contributed by atoms with Crippen LogP contribution in [0.2, 0.25) is 0 Å². The molecule has 2 aromatic rings. The van der Waals surface area contributed by atoms with Crippen LogP contribution in [-0.4, -0.2) is 11.4 Å². The number of unbranched alkanes of at least 4 members (excludes halogenated alkanes) is 22. The Kier molecular flexibility index (Phi) is 31.8. The highest BCUT2D eigenvalue weighted by Gasteiger charge is 2.11. The summed E-state index contributed by atoms with van der Waals surface area (Å²) in [7, 11) is 0. The Morgan fingerprint density at radius 3 is 0.946 bits per heavy atom. The lowest BCUT2D eigenvalue weighted by Crippen LogP contribution is -2.14. The lowest BCUT2D eigenvalue weighted by molar-refractivity contribution is 0.567. The number of nitrogens with zero attached hydrogens (tertiary/aromatic N) is 2. The zero-order valence-corrected chi connectivity index (χ0v) is 37.1. The van der Waals surface area contributed by atoms with Crippen LogP contribution in [0.1, 0.15) is 231 Å². The van der Waals surface area contributed by atoms with Gasteiger partial charge in [0, 0.05) is 25.7 Å². The van der Waals surface area contributed by atoms with Crippen LogP contribution in [0, 0.1) is 23.7 Å². The summed E-state index contributed by atoms with van der Waals surface area (Å²) in [6.07, 6.45) is 39.8. The molecule has 0 amide bonds. The minimum absolute atomic E-state index is 0.969. The van der Waals surface area contributed by atoms with Crippen molar-refractivity contribution in [2.45, 2.75) is 233 Å². The normalized spacial score (nSPS) is 11.6. The average molecular weight is 761 g/mol. The summed E-state index contributed by atoms with van der Waals surface area (Å²) in [5.41, 5.74) is 7.13. The maximum atomic E-state index is 5.23. The standard InChI is InChI=1S/C54H84N2/c1-5-9-13-15-17-19-21-23-25-27-29-31-33-35-37-49-41-45-51(46-42-49)55-53(39-11-7-3)54(40-12-8-4)56-52-47-43-50(44-48-52)38-36-34-32-30-28-26-24-22-20-18-16-14-10-6-2/h41-48H,5-28,33-40H2,1-4H3. The summed E-state index contributed by atoms with van der Waals surface area (Å²) >= 11 is 0. The SMILES string of the molecule is CCCCCCCCCCCC#CCCCc1ccc(N=C(CCCC)C(CCCC)=Nc2ccc(CCCC#CCCCCCCCCCCC)cc2)cc1. The largest absolute Gasteiger partial charge is 0.252 e. The summed E-state index contributed by atoms with van der Waals surface area (Å²) < 4.78 is 0. The van der Waals surface area contributed by atoms with Crippen LogP contribution in [0.3, 0.4) is 0 Å². The van der Waals surface area contributed by atoms with Gasteiger partial charge >= 0.3 is 0 Å². The Balaban J connectivity index is 1.81. The first-order valence-corrected chi connectivity index (χ1v) is 23.9. The first kappa shape index (κ1) is 49.0. The van der Waals surface area contributed by atoms with E-state index in [0.29, 0.717) is 0 Å². The molecule has 0 spiro atoms. The van der Waals surface area contributed by atoms with Crippen molar-refractivity contribution >= 4 is 22.8 Å². The van der Waals surface area contributed by atoms with E-state index in [1.54, 1.807) is 0 Å². The van der Waals surface area contributed by atoms with Gasteiger partial charge in [0.2, 0.25) is 0 Å². The first-order chi connectivity index (χ1) is 27.7. The number of aliphatic imine (C=N–C) groups is 2. The summed E-state index contributed by atoms with van der Waals surface area (Å²) in [5, 5.41) is 0. The van der Waals surface area contributed by atoms with E-state index in [1.807, 2.05) is 0 Å². The first-order valence-electron chi connectivity index (χ1n) is 23.9. The third-order valence-electron chi connectivity index (χ3n) is 10.9. The molecular formula is C54H84N2. The molecule has 0 N–H and O–H groups in total. The van der Waals surface area contributed by atoms with E-state index in [2.05, 4.69) is 99.9 Å². The Morgan fingerprint density at radius 2 is 0.625 bits per heavy atom. The second-order valence-electron chi connectivity index (χ2n) is 16.2. The maximum absolute atomic E-state index is 5.23. The molecule has 2 aromatic carbocycles. The zero-order chi connectivity index (χ0) is 40.0. The Labute approximate surface area is 348 Å². The van der Waals surface area contributed by atoms with Gasteiger partial charge in [-0.3, -0.25) is 9.98 Å². The molecule has 0 unspecified atom stereocenters. The van der Waals surface area contributed by atoms with Gasteiger partial charge in [-0.05, 0) is 99.6 Å². The van der Waals surface area contributed by atoms with Crippen LogP contribution >= 0.6 is 0 Å². The molecule has 0 heterocycles. The van der Waals surface area contributed by atoms with Crippen molar-refractivity contribution in [3.05, 3.63) is 59.7 Å². The second-order valence-corrected chi connectivity index (χ2v) is 16.2. The molecule has 0 atom stereocenters. The molecule has 56 heavy (non-hydrogen) atoms. The van der Waals surface area contributed by atoms with E-state index < -0.39 is 0 Å². The second kappa shape index (κ2) is 36.3. The third kappa shape index (κ3) is 26.7. The molecule has 0 aromatic heterocycles. The van der Waals surface area contributed by atoms with Gasteiger partial charge in [-0.1, -0.05) is 168 Å². The van der Waals surface area contributed by atoms with E-state index in [1.165, 1.54) is 127 Å². The van der Waals surface area contributed by atoms with E-state index in [-0.39, 0.29) is 0 Å². The van der Waals surface area contributed by atoms with Crippen molar-refractivity contribution in [2.24, 2.45) is 9.98 Å². The van der Waals surface area contributed by atoms with Gasteiger partial charge in [-0.25, -0.2) is 0 Å². The fraction of sp³-hybridized carbons (Fsp3) is 0.667. The zero-order valence-electron chi connectivity index (χ0n) is 37.1. The fourth-order valence-electron chi connectivity index (χ4n) is 7.17. The summed E-state index contributed by atoms with van der Waals surface area (Å²) in [6, 6.07) is 17.8. The number of hydrogen-bond acceptors (Lipinski definition) is 2. The summed E-state index contributed by atoms with van der Waals surface area (Å²) in [4.78, 5) is 10.5. The lowest BCUT2D eigenvalue weighted by atomic mass is 10.0. The van der Waals surface area contributed by atoms with Crippen LogP contribution in [-0.2, 0) is 12.8 Å². The topological polar surface area (TPSA) is 24.7 Å². The van der Waals surface area contributed by atoms with Crippen LogP contribution in [0.5, 0.6) is 0 Å². The molecular weight excluding hydrogens is 677 g/mol. The van der Waals surface area contributed by atoms with E-state index in [4.69, 9.17) is 9.98 Å². The van der Waals surface area contributed by atoms with Crippen molar-refractivity contribution < 1.29 is 0 Å². The minimum atomic E-state index is 0.969. The number of rotatable bonds is 33. The summed E-state index contributed by atoms with van der Waals surface area (Å²) in [6.45, 7) is 9.10. The van der Waals surface area contributed by atoms with Gasteiger partial charge in [0.15, 0.2) is 0 Å². The molecule has 0 aliphatic carbocycles. The van der Waals surface area contributed by atoms with Gasteiger partial charge in [0.25, 0.3) is 0 Å². The Bertz CT molecular complexity index is 1280. The summed E-state index contributed by atoms with van der Waals surface area (Å²) in [5.74, 6) is 13.7. The van der Waals surface area contributed by atoms with Gasteiger partial charge in [0.1, 0.15) is 0 Å². The molecule has 310 valence electrons. The third-order valence-corrected chi connectivity index (χ3v) is 10.9. The van der Waals surface area contributed by atoms with Crippen LogP contribution in [0.25, 0.3) is 0 Å². The van der Waals surface area contributed by atoms with Gasteiger partial charge in [-0.15, -0.1) is 23.7 Å². The van der Waals surface area contributed by atoms with Crippen molar-refractivity contribution in [3.63, 3.8) is 0 Å². The van der Waals surface area contributed by atoms with Crippen molar-refractivity contribution in [2.75, 3.05) is 0 Å². The van der Waals surface area contributed by atoms with Crippen LogP contribution < -0.4 is 0 Å². The molecule has 0 aliphatic rings. The Hall–Kier alpha value is -3.10. The van der Waals surface area contributed by atoms with E-state index >= 15 is 0 Å². The van der Waals surface area contributed by atoms with Crippen LogP contribution in [0.4, 0.5) is 11.4 Å².